The fourth-order valence-corrected chi connectivity index (χ4v) is 8.84. The van der Waals surface area contributed by atoms with Crippen LogP contribution in [0.4, 0.5) is 0 Å². The molecule has 9 atom stereocenters. The second-order valence-corrected chi connectivity index (χ2v) is 12.9. The van der Waals surface area contributed by atoms with Crippen molar-refractivity contribution < 1.29 is 24.8 Å². The maximum absolute atomic E-state index is 12.0. The van der Waals surface area contributed by atoms with Crippen molar-refractivity contribution in [3.8, 4) is 0 Å². The highest BCUT2D eigenvalue weighted by Gasteiger charge is 2.63. The van der Waals surface area contributed by atoms with Gasteiger partial charge >= 0.3 is 5.97 Å². The smallest absolute Gasteiger partial charge is 0.302 e. The standard InChI is InChI=1S/C30H48O5/c1-18(2)19(3)7-8-20(4)24-9-10-26-28-25(12-14-30(24,26)17-34-21(5)31)29(6)13-11-23(32)15-22(29)16-27(28)35-33/h16,18,20,23-28,32-33H,3,7-15,17H2,1-2,4-6H3/t20-,23+,24-,25+,26+,27-,28-,29+,30+/m1/s1. The minimum absolute atomic E-state index is 0.0469. The average Bonchev–Trinajstić information content (AvgIpc) is 3.21. The van der Waals surface area contributed by atoms with Crippen LogP contribution in [0.1, 0.15) is 92.4 Å². The summed E-state index contributed by atoms with van der Waals surface area (Å²) < 4.78 is 5.82. The van der Waals surface area contributed by atoms with Gasteiger partial charge in [-0.25, -0.2) is 4.89 Å². The van der Waals surface area contributed by atoms with Crippen LogP contribution in [-0.2, 0) is 14.4 Å². The van der Waals surface area contributed by atoms with E-state index < -0.39 is 0 Å². The molecule has 0 aromatic rings. The number of esters is 1. The number of allylic oxidation sites excluding steroid dienone is 1. The second kappa shape index (κ2) is 10.3. The number of carbonyl (C=O) groups is 1. The van der Waals surface area contributed by atoms with Crippen LogP contribution in [0, 0.1) is 46.3 Å². The largest absolute Gasteiger partial charge is 0.465 e. The van der Waals surface area contributed by atoms with Crippen LogP contribution < -0.4 is 0 Å². The normalized spacial score (nSPS) is 41.4. The highest BCUT2D eigenvalue weighted by Crippen LogP contribution is 2.67. The minimum Gasteiger partial charge on any atom is -0.465 e. The van der Waals surface area contributed by atoms with Crippen LogP contribution in [0.25, 0.3) is 0 Å². The first-order valence-corrected chi connectivity index (χ1v) is 14.0. The van der Waals surface area contributed by atoms with Crippen molar-refractivity contribution in [1.29, 1.82) is 0 Å². The van der Waals surface area contributed by atoms with Gasteiger partial charge in [0.05, 0.1) is 12.7 Å². The molecule has 0 bridgehead atoms. The van der Waals surface area contributed by atoms with Crippen LogP contribution in [0.5, 0.6) is 0 Å². The van der Waals surface area contributed by atoms with Gasteiger partial charge in [0.2, 0.25) is 0 Å². The van der Waals surface area contributed by atoms with E-state index in [1.165, 1.54) is 18.1 Å². The van der Waals surface area contributed by atoms with Gasteiger partial charge in [-0.3, -0.25) is 10.1 Å². The zero-order valence-corrected chi connectivity index (χ0v) is 22.6. The lowest BCUT2D eigenvalue weighted by Gasteiger charge is -2.60. The van der Waals surface area contributed by atoms with Crippen LogP contribution in [0.2, 0.25) is 0 Å². The van der Waals surface area contributed by atoms with E-state index in [1.54, 1.807) is 0 Å². The Balaban J connectivity index is 1.65. The number of hydrogen-bond donors (Lipinski definition) is 2. The van der Waals surface area contributed by atoms with E-state index in [9.17, 15) is 15.2 Å². The van der Waals surface area contributed by atoms with Gasteiger partial charge in [-0.15, -0.1) is 0 Å². The summed E-state index contributed by atoms with van der Waals surface area (Å²) in [5, 5.41) is 20.4. The lowest BCUT2D eigenvalue weighted by molar-refractivity contribution is -0.297. The zero-order valence-electron chi connectivity index (χ0n) is 22.6. The van der Waals surface area contributed by atoms with Crippen LogP contribution in [0.3, 0.4) is 0 Å². The fourth-order valence-electron chi connectivity index (χ4n) is 8.84. The van der Waals surface area contributed by atoms with Crippen molar-refractivity contribution in [3.05, 3.63) is 23.8 Å². The molecule has 0 aromatic carbocycles. The third kappa shape index (κ3) is 4.78. The molecule has 3 fully saturated rings. The molecule has 5 heteroatoms. The number of aliphatic hydroxyl groups excluding tert-OH is 1. The highest BCUT2D eigenvalue weighted by atomic mass is 17.1. The van der Waals surface area contributed by atoms with E-state index >= 15 is 0 Å². The quantitative estimate of drug-likeness (QED) is 0.175. The molecule has 4 aliphatic carbocycles. The Hall–Kier alpha value is -1.17. The average molecular weight is 489 g/mol. The molecule has 0 unspecified atom stereocenters. The predicted molar refractivity (Wildman–Crippen MR) is 137 cm³/mol. The molecule has 0 saturated heterocycles. The van der Waals surface area contributed by atoms with Crippen LogP contribution >= 0.6 is 0 Å². The van der Waals surface area contributed by atoms with Gasteiger partial charge < -0.3 is 9.84 Å². The molecule has 0 radical (unpaired) electrons. The summed E-state index contributed by atoms with van der Waals surface area (Å²) in [4.78, 5) is 17.2. The molecular weight excluding hydrogens is 440 g/mol. The molecule has 5 nitrogen and oxygen atoms in total. The lowest BCUT2D eigenvalue weighted by atomic mass is 9.46. The third-order valence-corrected chi connectivity index (χ3v) is 11.0. The first-order valence-electron chi connectivity index (χ1n) is 14.0. The van der Waals surface area contributed by atoms with E-state index in [1.807, 2.05) is 0 Å². The fraction of sp³-hybridized carbons (Fsp3) is 0.833. The van der Waals surface area contributed by atoms with Crippen molar-refractivity contribution in [2.75, 3.05) is 6.61 Å². The van der Waals surface area contributed by atoms with Gasteiger partial charge in [0, 0.05) is 12.3 Å². The maximum Gasteiger partial charge on any atom is 0.302 e. The molecule has 0 heterocycles. The monoisotopic (exact) mass is 488 g/mol. The molecule has 3 saturated carbocycles. The Morgan fingerprint density at radius 2 is 1.91 bits per heavy atom. The Kier molecular flexibility index (Phi) is 7.91. The molecule has 0 aliphatic heterocycles. The van der Waals surface area contributed by atoms with E-state index in [0.717, 1.165) is 51.4 Å². The maximum atomic E-state index is 12.0. The predicted octanol–water partition coefficient (Wildman–Crippen LogP) is 6.57. The summed E-state index contributed by atoms with van der Waals surface area (Å²) in [6.07, 6.45) is 10.5. The number of carbonyl (C=O) groups excluding carboxylic acids is 1. The number of fused-ring (bicyclic) bond motifs is 5. The van der Waals surface area contributed by atoms with Gasteiger partial charge in [-0.2, -0.15) is 0 Å². The van der Waals surface area contributed by atoms with E-state index in [4.69, 9.17) is 9.62 Å². The summed E-state index contributed by atoms with van der Waals surface area (Å²) in [6.45, 7) is 15.5. The molecule has 2 N–H and O–H groups in total. The Morgan fingerprint density at radius 1 is 1.17 bits per heavy atom. The molecule has 35 heavy (non-hydrogen) atoms. The van der Waals surface area contributed by atoms with Crippen LogP contribution in [0.15, 0.2) is 23.8 Å². The second-order valence-electron chi connectivity index (χ2n) is 12.9. The van der Waals surface area contributed by atoms with Crippen molar-refractivity contribution in [1.82, 2.24) is 0 Å². The topological polar surface area (TPSA) is 76.0 Å². The van der Waals surface area contributed by atoms with Gasteiger partial charge in [0.1, 0.15) is 6.10 Å². The molecule has 0 amide bonds. The van der Waals surface area contributed by atoms with E-state index in [0.29, 0.717) is 42.6 Å². The van der Waals surface area contributed by atoms with Crippen molar-refractivity contribution in [2.45, 2.75) is 105 Å². The summed E-state index contributed by atoms with van der Waals surface area (Å²) in [7, 11) is 0. The lowest BCUT2D eigenvalue weighted by Crippen LogP contribution is -2.57. The van der Waals surface area contributed by atoms with E-state index in [-0.39, 0.29) is 34.9 Å². The Bertz CT molecular complexity index is 833. The summed E-state index contributed by atoms with van der Waals surface area (Å²) in [5.41, 5.74) is 2.55. The first kappa shape index (κ1) is 26.9. The van der Waals surface area contributed by atoms with Gasteiger partial charge in [0.25, 0.3) is 0 Å². The van der Waals surface area contributed by atoms with Gasteiger partial charge in [-0.05, 0) is 98.7 Å². The van der Waals surface area contributed by atoms with Crippen molar-refractivity contribution in [2.24, 2.45) is 46.3 Å². The highest BCUT2D eigenvalue weighted by molar-refractivity contribution is 5.66. The minimum atomic E-state index is -0.356. The number of aliphatic hydroxyl groups is 1. The summed E-state index contributed by atoms with van der Waals surface area (Å²) in [5.74, 6) is 2.27. The van der Waals surface area contributed by atoms with Crippen molar-refractivity contribution in [3.63, 3.8) is 0 Å². The molecular formula is C30H48O5. The van der Waals surface area contributed by atoms with Crippen molar-refractivity contribution >= 4 is 5.97 Å². The number of rotatable bonds is 8. The van der Waals surface area contributed by atoms with Crippen LogP contribution in [-0.4, -0.2) is 35.1 Å². The van der Waals surface area contributed by atoms with Gasteiger partial charge in [-0.1, -0.05) is 51.5 Å². The molecule has 0 aromatic heterocycles. The number of hydrogen-bond acceptors (Lipinski definition) is 5. The zero-order chi connectivity index (χ0) is 25.5. The summed E-state index contributed by atoms with van der Waals surface area (Å²) >= 11 is 0. The Labute approximate surface area is 212 Å². The first-order chi connectivity index (χ1) is 16.5. The summed E-state index contributed by atoms with van der Waals surface area (Å²) in [6, 6.07) is 0. The van der Waals surface area contributed by atoms with E-state index in [2.05, 4.69) is 40.3 Å². The SMILES string of the molecule is C=C(CC[C@@H](C)[C@H]1CC[C@H]2[C@@H]3[C@H](OO)C=C4C[C@@H](O)CC[C@]4(C)[C@H]3CC[C@]12COC(C)=O)C(C)C. The third-order valence-electron chi connectivity index (χ3n) is 11.0. The molecule has 4 rings (SSSR count). The van der Waals surface area contributed by atoms with Gasteiger partial charge in [0.15, 0.2) is 0 Å². The molecule has 4 aliphatic rings. The molecule has 198 valence electrons. The number of ether oxygens (including phenoxy) is 1. The molecule has 0 spiro atoms. The Morgan fingerprint density at radius 3 is 2.57 bits per heavy atom.